The Hall–Kier alpha value is -1.45. The first-order valence-electron chi connectivity index (χ1n) is 5.74. The Bertz CT molecular complexity index is 364. The lowest BCUT2D eigenvalue weighted by molar-refractivity contribution is 0.0524. The van der Waals surface area contributed by atoms with Gasteiger partial charge in [-0.05, 0) is 13.3 Å². The highest BCUT2D eigenvalue weighted by Gasteiger charge is 2.14. The van der Waals surface area contributed by atoms with E-state index in [-0.39, 0.29) is 5.97 Å². The van der Waals surface area contributed by atoms with E-state index in [0.29, 0.717) is 12.2 Å². The van der Waals surface area contributed by atoms with E-state index >= 15 is 0 Å². The van der Waals surface area contributed by atoms with Crippen molar-refractivity contribution in [2.45, 2.75) is 40.0 Å². The van der Waals surface area contributed by atoms with E-state index < -0.39 is 0 Å². The van der Waals surface area contributed by atoms with Gasteiger partial charge >= 0.3 is 5.97 Å². The van der Waals surface area contributed by atoms with Gasteiger partial charge in [-0.15, -0.1) is 0 Å². The number of aryl methyl sites for hydroxylation is 2. The fraction of sp³-hybridized carbons (Fsp3) is 0.583. The summed E-state index contributed by atoms with van der Waals surface area (Å²) < 4.78 is 4.97. The number of carbonyl (C=O) groups is 1. The third-order valence-corrected chi connectivity index (χ3v) is 2.22. The van der Waals surface area contributed by atoms with Gasteiger partial charge in [0.2, 0.25) is 0 Å². The third-order valence-electron chi connectivity index (χ3n) is 2.22. The van der Waals surface area contributed by atoms with Gasteiger partial charge in [-0.3, -0.25) is 0 Å². The van der Waals surface area contributed by atoms with Crippen LogP contribution in [-0.2, 0) is 17.6 Å². The molecule has 0 bridgehead atoms. The van der Waals surface area contributed by atoms with Crippen LogP contribution in [0.3, 0.4) is 0 Å². The van der Waals surface area contributed by atoms with Crippen LogP contribution in [-0.4, -0.2) is 22.5 Å². The monoisotopic (exact) mass is 222 g/mol. The standard InChI is InChI=1S/C12H18N2O2/c1-4-7-10-9(12(15)16-6-3)8-13-11(5-2)14-10/h8H,4-7H2,1-3H3. The third kappa shape index (κ3) is 3.02. The van der Waals surface area contributed by atoms with Crippen molar-refractivity contribution in [3.63, 3.8) is 0 Å². The molecule has 0 amide bonds. The van der Waals surface area contributed by atoms with Crippen LogP contribution in [0.15, 0.2) is 6.20 Å². The second kappa shape index (κ2) is 6.20. The van der Waals surface area contributed by atoms with E-state index in [1.165, 1.54) is 0 Å². The van der Waals surface area contributed by atoms with Crippen LogP contribution in [0.5, 0.6) is 0 Å². The highest BCUT2D eigenvalue weighted by Crippen LogP contribution is 2.10. The molecular formula is C12H18N2O2. The SMILES string of the molecule is CCCc1nc(CC)ncc1C(=O)OCC. The van der Waals surface area contributed by atoms with Crippen molar-refractivity contribution in [3.8, 4) is 0 Å². The molecule has 1 aromatic heterocycles. The predicted octanol–water partition coefficient (Wildman–Crippen LogP) is 2.17. The smallest absolute Gasteiger partial charge is 0.341 e. The van der Waals surface area contributed by atoms with Gasteiger partial charge in [-0.1, -0.05) is 20.3 Å². The molecule has 4 heteroatoms. The van der Waals surface area contributed by atoms with E-state index in [0.717, 1.165) is 30.8 Å². The zero-order valence-corrected chi connectivity index (χ0v) is 10.1. The fourth-order valence-corrected chi connectivity index (χ4v) is 1.44. The summed E-state index contributed by atoms with van der Waals surface area (Å²) in [6, 6.07) is 0. The zero-order valence-electron chi connectivity index (χ0n) is 10.1. The van der Waals surface area contributed by atoms with Crippen LogP contribution < -0.4 is 0 Å². The van der Waals surface area contributed by atoms with Crippen molar-refractivity contribution in [3.05, 3.63) is 23.3 Å². The van der Waals surface area contributed by atoms with Crippen LogP contribution in [0, 0.1) is 0 Å². The Balaban J connectivity index is 3.01. The summed E-state index contributed by atoms with van der Waals surface area (Å²) in [4.78, 5) is 20.1. The van der Waals surface area contributed by atoms with Crippen molar-refractivity contribution in [2.24, 2.45) is 0 Å². The lowest BCUT2D eigenvalue weighted by Gasteiger charge is -2.07. The van der Waals surface area contributed by atoms with Crippen molar-refractivity contribution in [1.82, 2.24) is 9.97 Å². The van der Waals surface area contributed by atoms with Gasteiger partial charge in [0.15, 0.2) is 0 Å². The summed E-state index contributed by atoms with van der Waals surface area (Å²) in [5.74, 6) is 0.449. The number of nitrogens with zero attached hydrogens (tertiary/aromatic N) is 2. The molecule has 0 radical (unpaired) electrons. The van der Waals surface area contributed by atoms with Crippen LogP contribution in [0.4, 0.5) is 0 Å². The highest BCUT2D eigenvalue weighted by molar-refractivity contribution is 5.90. The quantitative estimate of drug-likeness (QED) is 0.716. The van der Waals surface area contributed by atoms with E-state index in [4.69, 9.17) is 4.74 Å². The molecule has 0 aliphatic heterocycles. The summed E-state index contributed by atoms with van der Waals surface area (Å²) in [5, 5.41) is 0. The molecule has 0 aromatic carbocycles. The maximum Gasteiger partial charge on any atom is 0.341 e. The number of esters is 1. The van der Waals surface area contributed by atoms with E-state index in [1.807, 2.05) is 6.92 Å². The van der Waals surface area contributed by atoms with Crippen LogP contribution >= 0.6 is 0 Å². The van der Waals surface area contributed by atoms with E-state index in [9.17, 15) is 4.79 Å². The molecule has 0 fully saturated rings. The Morgan fingerprint density at radius 3 is 2.69 bits per heavy atom. The van der Waals surface area contributed by atoms with Crippen molar-refractivity contribution in [1.29, 1.82) is 0 Å². The van der Waals surface area contributed by atoms with Gasteiger partial charge in [0.1, 0.15) is 5.82 Å². The molecular weight excluding hydrogens is 204 g/mol. The molecule has 1 aromatic rings. The van der Waals surface area contributed by atoms with Crippen LogP contribution in [0.2, 0.25) is 0 Å². The van der Waals surface area contributed by atoms with Gasteiger partial charge in [-0.25, -0.2) is 14.8 Å². The molecule has 0 atom stereocenters. The molecule has 0 aliphatic rings. The minimum absolute atomic E-state index is 0.325. The van der Waals surface area contributed by atoms with Crippen LogP contribution in [0.1, 0.15) is 49.1 Å². The molecule has 4 nitrogen and oxygen atoms in total. The number of carbonyl (C=O) groups excluding carboxylic acids is 1. The van der Waals surface area contributed by atoms with E-state index in [1.54, 1.807) is 13.1 Å². The number of hydrogen-bond acceptors (Lipinski definition) is 4. The predicted molar refractivity (Wildman–Crippen MR) is 61.4 cm³/mol. The lowest BCUT2D eigenvalue weighted by atomic mass is 10.1. The molecule has 88 valence electrons. The fourth-order valence-electron chi connectivity index (χ4n) is 1.44. The van der Waals surface area contributed by atoms with Crippen LogP contribution in [0.25, 0.3) is 0 Å². The molecule has 16 heavy (non-hydrogen) atoms. The van der Waals surface area contributed by atoms with Gasteiger partial charge < -0.3 is 4.74 Å². The number of hydrogen-bond donors (Lipinski definition) is 0. The molecule has 0 spiro atoms. The normalized spacial score (nSPS) is 10.2. The van der Waals surface area contributed by atoms with Gasteiger partial charge in [0, 0.05) is 12.6 Å². The number of aromatic nitrogens is 2. The second-order valence-electron chi connectivity index (χ2n) is 3.47. The maximum absolute atomic E-state index is 11.6. The highest BCUT2D eigenvalue weighted by atomic mass is 16.5. The summed E-state index contributed by atoms with van der Waals surface area (Å²) in [6.07, 6.45) is 4.09. The molecule has 1 rings (SSSR count). The van der Waals surface area contributed by atoms with Crippen molar-refractivity contribution >= 4 is 5.97 Å². The summed E-state index contributed by atoms with van der Waals surface area (Å²) in [5.41, 5.74) is 1.30. The van der Waals surface area contributed by atoms with Crippen molar-refractivity contribution < 1.29 is 9.53 Å². The molecule has 0 saturated carbocycles. The summed E-state index contributed by atoms with van der Waals surface area (Å²) in [6.45, 7) is 6.22. The van der Waals surface area contributed by atoms with Gasteiger partial charge in [-0.2, -0.15) is 0 Å². The number of ether oxygens (including phenoxy) is 1. The Morgan fingerprint density at radius 2 is 2.12 bits per heavy atom. The average Bonchev–Trinajstić information content (AvgIpc) is 2.29. The first-order chi connectivity index (χ1) is 7.72. The largest absolute Gasteiger partial charge is 0.462 e. The van der Waals surface area contributed by atoms with Crippen molar-refractivity contribution in [2.75, 3.05) is 6.61 Å². The first-order valence-corrected chi connectivity index (χ1v) is 5.74. The topological polar surface area (TPSA) is 52.1 Å². The molecule has 0 N–H and O–H groups in total. The first kappa shape index (κ1) is 12.6. The summed E-state index contributed by atoms with van der Waals surface area (Å²) >= 11 is 0. The van der Waals surface area contributed by atoms with Gasteiger partial charge in [0.05, 0.1) is 17.9 Å². The molecule has 0 aliphatic carbocycles. The maximum atomic E-state index is 11.6. The van der Waals surface area contributed by atoms with Gasteiger partial charge in [0.25, 0.3) is 0 Å². The molecule has 1 heterocycles. The Morgan fingerprint density at radius 1 is 1.38 bits per heavy atom. The molecule has 0 unspecified atom stereocenters. The Kier molecular flexibility index (Phi) is 4.89. The number of rotatable bonds is 5. The molecule has 0 saturated heterocycles. The average molecular weight is 222 g/mol. The minimum Gasteiger partial charge on any atom is -0.462 e. The Labute approximate surface area is 96.1 Å². The summed E-state index contributed by atoms with van der Waals surface area (Å²) in [7, 11) is 0. The second-order valence-corrected chi connectivity index (χ2v) is 3.47. The zero-order chi connectivity index (χ0) is 12.0. The van der Waals surface area contributed by atoms with E-state index in [2.05, 4.69) is 16.9 Å². The lowest BCUT2D eigenvalue weighted by Crippen LogP contribution is -2.12. The minimum atomic E-state index is -0.325.